The van der Waals surface area contributed by atoms with E-state index in [1.807, 2.05) is 67.0 Å². The lowest BCUT2D eigenvalue weighted by Crippen LogP contribution is -1.96. The molecule has 5 nitrogen and oxygen atoms in total. The van der Waals surface area contributed by atoms with Crippen molar-refractivity contribution < 1.29 is 8.83 Å². The van der Waals surface area contributed by atoms with Crippen molar-refractivity contribution in [3.63, 3.8) is 0 Å². The molecular weight excluding hydrogens is 687 g/mol. The van der Waals surface area contributed by atoms with Crippen molar-refractivity contribution in [2.24, 2.45) is 0 Å². The molecule has 0 saturated carbocycles. The lowest BCUT2D eigenvalue weighted by molar-refractivity contribution is 0.669. The van der Waals surface area contributed by atoms with Crippen molar-refractivity contribution in [1.29, 1.82) is 0 Å². The van der Waals surface area contributed by atoms with Gasteiger partial charge in [-0.15, -0.1) is 0 Å². The summed E-state index contributed by atoms with van der Waals surface area (Å²) < 4.78 is 12.8. The molecule has 0 fully saturated rings. The topological polar surface area (TPSA) is 65.0 Å². The van der Waals surface area contributed by atoms with Crippen LogP contribution < -0.4 is 0 Å². The van der Waals surface area contributed by atoms with Crippen LogP contribution in [0.3, 0.4) is 0 Å². The summed E-state index contributed by atoms with van der Waals surface area (Å²) >= 11 is 0. The first-order chi connectivity index (χ1) is 27.7. The molecule has 56 heavy (non-hydrogen) atoms. The Kier molecular flexibility index (Phi) is 7.42. The van der Waals surface area contributed by atoms with Gasteiger partial charge in [-0.05, 0) is 76.3 Å². The van der Waals surface area contributed by atoms with Gasteiger partial charge in [-0.25, -0.2) is 9.97 Å². The highest BCUT2D eigenvalue weighted by atomic mass is 16.3. The first-order valence-corrected chi connectivity index (χ1v) is 18.7. The van der Waals surface area contributed by atoms with Gasteiger partial charge in [0, 0.05) is 56.2 Å². The molecule has 0 atom stereocenters. The van der Waals surface area contributed by atoms with Crippen LogP contribution in [0.4, 0.5) is 0 Å². The van der Waals surface area contributed by atoms with Gasteiger partial charge in [0.05, 0.1) is 11.4 Å². The first-order valence-electron chi connectivity index (χ1n) is 18.7. The largest absolute Gasteiger partial charge is 0.456 e. The Hall–Kier alpha value is -7.63. The number of para-hydroxylation sites is 2. The van der Waals surface area contributed by atoms with E-state index < -0.39 is 0 Å². The van der Waals surface area contributed by atoms with Gasteiger partial charge in [0.15, 0.2) is 5.82 Å². The molecule has 0 aliphatic heterocycles. The molecule has 0 bridgehead atoms. The van der Waals surface area contributed by atoms with Gasteiger partial charge in [0.2, 0.25) is 0 Å². The Labute approximate surface area is 322 Å². The molecule has 0 amide bonds. The summed E-state index contributed by atoms with van der Waals surface area (Å²) in [5.41, 5.74) is 14.8. The fraction of sp³-hybridized carbons (Fsp3) is 0. The predicted octanol–water partition coefficient (Wildman–Crippen LogP) is 13.7. The molecule has 11 rings (SSSR count). The fourth-order valence-corrected chi connectivity index (χ4v) is 7.85. The van der Waals surface area contributed by atoms with E-state index in [0.29, 0.717) is 5.82 Å². The predicted molar refractivity (Wildman–Crippen MR) is 227 cm³/mol. The van der Waals surface area contributed by atoms with E-state index >= 15 is 0 Å². The van der Waals surface area contributed by atoms with E-state index in [1.165, 1.54) is 0 Å². The second kappa shape index (κ2) is 13.0. The van der Waals surface area contributed by atoms with E-state index in [-0.39, 0.29) is 0 Å². The van der Waals surface area contributed by atoms with Gasteiger partial charge >= 0.3 is 0 Å². The van der Waals surface area contributed by atoms with Gasteiger partial charge < -0.3 is 8.83 Å². The number of hydrogen-bond donors (Lipinski definition) is 0. The number of hydrogen-bond acceptors (Lipinski definition) is 5. The molecule has 0 aliphatic rings. The molecule has 7 aromatic carbocycles. The zero-order valence-corrected chi connectivity index (χ0v) is 30.1. The Balaban J connectivity index is 1.00. The molecule has 0 saturated heterocycles. The minimum absolute atomic E-state index is 0.674. The van der Waals surface area contributed by atoms with Crippen LogP contribution in [0.1, 0.15) is 0 Å². The fourth-order valence-electron chi connectivity index (χ4n) is 7.85. The zero-order chi connectivity index (χ0) is 37.0. The van der Waals surface area contributed by atoms with Crippen LogP contribution in [-0.4, -0.2) is 15.0 Å². The third kappa shape index (κ3) is 5.45. The Morgan fingerprint density at radius 3 is 1.66 bits per heavy atom. The summed E-state index contributed by atoms with van der Waals surface area (Å²) in [5, 5.41) is 4.39. The van der Waals surface area contributed by atoms with Crippen LogP contribution in [0.15, 0.2) is 197 Å². The molecular formula is C51H31N3O2. The highest BCUT2D eigenvalue weighted by molar-refractivity contribution is 6.17. The summed E-state index contributed by atoms with van der Waals surface area (Å²) in [4.78, 5) is 14.3. The van der Waals surface area contributed by atoms with E-state index in [2.05, 4.69) is 126 Å². The summed E-state index contributed by atoms with van der Waals surface area (Å²) in [6.45, 7) is 0. The molecule has 0 radical (unpaired) electrons. The van der Waals surface area contributed by atoms with Crippen molar-refractivity contribution in [3.05, 3.63) is 188 Å². The molecule has 11 aromatic rings. The number of furan rings is 2. The molecule has 4 aromatic heterocycles. The highest BCUT2D eigenvalue weighted by Crippen LogP contribution is 2.43. The Morgan fingerprint density at radius 2 is 0.893 bits per heavy atom. The summed E-state index contributed by atoms with van der Waals surface area (Å²) in [5.74, 6) is 0.674. The smallest absolute Gasteiger partial charge is 0.160 e. The number of rotatable bonds is 6. The van der Waals surface area contributed by atoms with Crippen LogP contribution >= 0.6 is 0 Å². The van der Waals surface area contributed by atoms with E-state index in [1.54, 1.807) is 0 Å². The number of benzene rings is 7. The van der Waals surface area contributed by atoms with Crippen molar-refractivity contribution in [2.45, 2.75) is 0 Å². The Bertz CT molecular complexity index is 3220. The molecule has 0 aliphatic carbocycles. The zero-order valence-electron chi connectivity index (χ0n) is 30.1. The van der Waals surface area contributed by atoms with Crippen LogP contribution in [-0.2, 0) is 0 Å². The molecule has 5 heteroatoms. The lowest BCUT2D eigenvalue weighted by Gasteiger charge is -2.11. The van der Waals surface area contributed by atoms with Crippen LogP contribution in [0.25, 0.3) is 111 Å². The maximum atomic E-state index is 6.68. The van der Waals surface area contributed by atoms with Crippen molar-refractivity contribution in [1.82, 2.24) is 15.0 Å². The number of aromatic nitrogens is 3. The van der Waals surface area contributed by atoms with Crippen molar-refractivity contribution >= 4 is 43.9 Å². The van der Waals surface area contributed by atoms with Crippen LogP contribution in [0, 0.1) is 0 Å². The van der Waals surface area contributed by atoms with Gasteiger partial charge in [-0.1, -0.05) is 127 Å². The third-order valence-electron chi connectivity index (χ3n) is 10.7. The van der Waals surface area contributed by atoms with E-state index in [4.69, 9.17) is 18.8 Å². The van der Waals surface area contributed by atoms with Crippen LogP contribution in [0.2, 0.25) is 0 Å². The second-order valence-electron chi connectivity index (χ2n) is 14.0. The van der Waals surface area contributed by atoms with Crippen molar-refractivity contribution in [3.8, 4) is 67.3 Å². The maximum absolute atomic E-state index is 6.68. The monoisotopic (exact) mass is 717 g/mol. The second-order valence-corrected chi connectivity index (χ2v) is 14.0. The quantitative estimate of drug-likeness (QED) is 0.171. The maximum Gasteiger partial charge on any atom is 0.160 e. The standard InChI is InChI=1S/C51H31N3O2/c1-2-8-35(9-3-1)44-31-45(54-51(53-44)37-20-14-32(15-21-37)33-26-28-52-29-27-33)36-18-16-34(17-19-36)40-24-23-39(49-42-11-5-7-13-47(42)56-50(40)49)38-22-25-48-43(30-38)41-10-4-6-12-46(41)55-48/h1-31H. The molecule has 0 unspecified atom stereocenters. The van der Waals surface area contributed by atoms with Gasteiger partial charge in [-0.2, -0.15) is 0 Å². The third-order valence-corrected chi connectivity index (χ3v) is 10.7. The molecule has 4 heterocycles. The van der Waals surface area contributed by atoms with Crippen LogP contribution in [0.5, 0.6) is 0 Å². The summed E-state index contributed by atoms with van der Waals surface area (Å²) in [7, 11) is 0. The minimum atomic E-state index is 0.674. The summed E-state index contributed by atoms with van der Waals surface area (Å²) in [6.07, 6.45) is 3.62. The number of fused-ring (bicyclic) bond motifs is 6. The first kappa shape index (κ1) is 31.9. The Morgan fingerprint density at radius 1 is 0.339 bits per heavy atom. The molecule has 0 spiro atoms. The van der Waals surface area contributed by atoms with Gasteiger partial charge in [0.25, 0.3) is 0 Å². The summed E-state index contributed by atoms with van der Waals surface area (Å²) in [6, 6.07) is 60.7. The average molecular weight is 718 g/mol. The number of pyridine rings is 1. The van der Waals surface area contributed by atoms with E-state index in [9.17, 15) is 0 Å². The van der Waals surface area contributed by atoms with Gasteiger partial charge in [0.1, 0.15) is 22.3 Å². The molecule has 262 valence electrons. The highest BCUT2D eigenvalue weighted by Gasteiger charge is 2.19. The minimum Gasteiger partial charge on any atom is -0.456 e. The average Bonchev–Trinajstić information content (AvgIpc) is 3.85. The number of nitrogens with zero attached hydrogens (tertiary/aromatic N) is 3. The van der Waals surface area contributed by atoms with Gasteiger partial charge in [-0.3, -0.25) is 4.98 Å². The molecule has 0 N–H and O–H groups in total. The normalized spacial score (nSPS) is 11.6. The SMILES string of the molecule is c1ccc(-c2cc(-c3ccc(-c4ccc(-c5ccc6oc7ccccc7c6c5)c5c4oc4ccccc45)cc3)nc(-c3ccc(-c4ccncc4)cc3)n2)cc1. The van der Waals surface area contributed by atoms with Crippen molar-refractivity contribution in [2.75, 3.05) is 0 Å². The van der Waals surface area contributed by atoms with E-state index in [0.717, 1.165) is 105 Å². The lowest BCUT2D eigenvalue weighted by atomic mass is 9.93.